The Bertz CT molecular complexity index is 770. The van der Waals surface area contributed by atoms with Crippen LogP contribution in [0.5, 0.6) is 0 Å². The topological polar surface area (TPSA) is 83.4 Å². The molecule has 0 fully saturated rings. The van der Waals surface area contributed by atoms with Crippen molar-refractivity contribution in [2.45, 2.75) is 39.7 Å². The molecule has 1 amide bonds. The number of thiazole rings is 1. The van der Waals surface area contributed by atoms with Crippen molar-refractivity contribution >= 4 is 23.2 Å². The fraction of sp³-hybridized carbons (Fsp3) is 0.412. The minimum absolute atomic E-state index is 0.141. The minimum Gasteiger partial charge on any atom is -0.477 e. The van der Waals surface area contributed by atoms with Crippen molar-refractivity contribution in [2.75, 3.05) is 7.05 Å². The number of carbonyl (C=O) groups is 2. The standard InChI is InChI=1S/C17H21N3O3S/c1-9(2)15-19-10(3)14(24-15)11(4)20(5)16(21)12-6-7-18-13(8-12)17(22)23/h6-9,11H,1-5H3,(H,22,23). The zero-order chi connectivity index (χ0) is 18.0. The molecule has 2 heterocycles. The molecule has 0 aliphatic carbocycles. The number of aryl methyl sites for hydroxylation is 1. The molecule has 0 radical (unpaired) electrons. The second kappa shape index (κ2) is 7.09. The highest BCUT2D eigenvalue weighted by Gasteiger charge is 2.24. The molecule has 0 bridgehead atoms. The third-order valence-corrected chi connectivity index (χ3v) is 5.48. The number of hydrogen-bond donors (Lipinski definition) is 1. The molecule has 128 valence electrons. The first-order valence-electron chi connectivity index (χ1n) is 7.66. The van der Waals surface area contributed by atoms with Gasteiger partial charge in [0.1, 0.15) is 5.69 Å². The highest BCUT2D eigenvalue weighted by Crippen LogP contribution is 2.32. The first-order valence-corrected chi connectivity index (χ1v) is 8.47. The Balaban J connectivity index is 2.27. The van der Waals surface area contributed by atoms with Crippen LogP contribution in [0.1, 0.15) is 69.2 Å². The van der Waals surface area contributed by atoms with E-state index in [2.05, 4.69) is 23.8 Å². The van der Waals surface area contributed by atoms with Gasteiger partial charge in [-0.3, -0.25) is 4.79 Å². The third-order valence-electron chi connectivity index (χ3n) is 3.85. The van der Waals surface area contributed by atoms with Crippen molar-refractivity contribution < 1.29 is 14.7 Å². The summed E-state index contributed by atoms with van der Waals surface area (Å²) in [7, 11) is 1.71. The van der Waals surface area contributed by atoms with E-state index >= 15 is 0 Å². The maximum Gasteiger partial charge on any atom is 0.354 e. The molecule has 1 unspecified atom stereocenters. The van der Waals surface area contributed by atoms with E-state index in [1.54, 1.807) is 23.3 Å². The maximum atomic E-state index is 12.7. The number of pyridine rings is 1. The van der Waals surface area contributed by atoms with Crippen LogP contribution in [-0.2, 0) is 0 Å². The monoisotopic (exact) mass is 347 g/mol. The molecule has 2 aromatic heterocycles. The normalized spacial score (nSPS) is 12.2. The number of carboxylic acid groups (broad SMARTS) is 1. The highest BCUT2D eigenvalue weighted by atomic mass is 32.1. The number of rotatable bonds is 5. The largest absolute Gasteiger partial charge is 0.477 e. The zero-order valence-corrected chi connectivity index (χ0v) is 15.2. The van der Waals surface area contributed by atoms with Gasteiger partial charge >= 0.3 is 5.97 Å². The van der Waals surface area contributed by atoms with Crippen molar-refractivity contribution in [2.24, 2.45) is 0 Å². The van der Waals surface area contributed by atoms with Gasteiger partial charge in [0.2, 0.25) is 0 Å². The van der Waals surface area contributed by atoms with Gasteiger partial charge in [0, 0.05) is 29.6 Å². The Labute approximate surface area is 145 Å². The lowest BCUT2D eigenvalue weighted by Crippen LogP contribution is -2.29. The Morgan fingerprint density at radius 1 is 1.29 bits per heavy atom. The number of amides is 1. The second-order valence-corrected chi connectivity index (χ2v) is 7.05. The third kappa shape index (κ3) is 3.62. The Kier molecular flexibility index (Phi) is 5.33. The molecule has 1 atom stereocenters. The van der Waals surface area contributed by atoms with E-state index in [-0.39, 0.29) is 17.6 Å². The van der Waals surface area contributed by atoms with Crippen LogP contribution in [0.4, 0.5) is 0 Å². The summed E-state index contributed by atoms with van der Waals surface area (Å²) < 4.78 is 0. The molecule has 6 nitrogen and oxygen atoms in total. The van der Waals surface area contributed by atoms with Gasteiger partial charge in [-0.15, -0.1) is 11.3 Å². The van der Waals surface area contributed by atoms with Gasteiger partial charge in [-0.2, -0.15) is 0 Å². The summed E-state index contributed by atoms with van der Waals surface area (Å²) in [5.74, 6) is -1.06. The quantitative estimate of drug-likeness (QED) is 0.895. The molecule has 2 aromatic rings. The van der Waals surface area contributed by atoms with Crippen LogP contribution in [0, 0.1) is 6.92 Å². The van der Waals surface area contributed by atoms with Gasteiger partial charge in [0.15, 0.2) is 0 Å². The lowest BCUT2D eigenvalue weighted by atomic mass is 10.1. The number of nitrogens with zero attached hydrogens (tertiary/aromatic N) is 3. The predicted molar refractivity (Wildman–Crippen MR) is 92.6 cm³/mol. The van der Waals surface area contributed by atoms with E-state index in [4.69, 9.17) is 5.11 Å². The Morgan fingerprint density at radius 3 is 2.50 bits per heavy atom. The summed E-state index contributed by atoms with van der Waals surface area (Å²) in [5, 5.41) is 10.1. The molecule has 0 aromatic carbocycles. The minimum atomic E-state index is -1.15. The van der Waals surface area contributed by atoms with E-state index in [0.717, 1.165) is 15.6 Å². The Morgan fingerprint density at radius 2 is 1.96 bits per heavy atom. The van der Waals surface area contributed by atoms with Gasteiger partial charge in [-0.05, 0) is 26.0 Å². The van der Waals surface area contributed by atoms with Crippen LogP contribution in [0.25, 0.3) is 0 Å². The fourth-order valence-electron chi connectivity index (χ4n) is 2.30. The summed E-state index contributed by atoms with van der Waals surface area (Å²) in [6, 6.07) is 2.67. The molecule has 0 aliphatic rings. The van der Waals surface area contributed by atoms with E-state index in [9.17, 15) is 9.59 Å². The summed E-state index contributed by atoms with van der Waals surface area (Å²) in [5.41, 5.74) is 1.10. The Hall–Kier alpha value is -2.28. The van der Waals surface area contributed by atoms with Crippen molar-refractivity contribution in [1.82, 2.24) is 14.9 Å². The second-order valence-electron chi connectivity index (χ2n) is 5.98. The van der Waals surface area contributed by atoms with Gasteiger partial charge < -0.3 is 10.0 Å². The van der Waals surface area contributed by atoms with Crippen LogP contribution >= 0.6 is 11.3 Å². The number of hydrogen-bond acceptors (Lipinski definition) is 5. The predicted octanol–water partition coefficient (Wildman–Crippen LogP) is 3.50. The van der Waals surface area contributed by atoms with E-state index in [1.807, 2.05) is 13.8 Å². The summed E-state index contributed by atoms with van der Waals surface area (Å²) in [6.07, 6.45) is 1.34. The fourth-order valence-corrected chi connectivity index (χ4v) is 3.47. The molecule has 24 heavy (non-hydrogen) atoms. The number of aromatic carboxylic acids is 1. The lowest BCUT2D eigenvalue weighted by Gasteiger charge is -2.24. The SMILES string of the molecule is Cc1nc(C(C)C)sc1C(C)N(C)C(=O)c1ccnc(C(=O)O)c1. The zero-order valence-electron chi connectivity index (χ0n) is 14.4. The number of carbonyl (C=O) groups excluding carboxylic acids is 1. The van der Waals surface area contributed by atoms with Gasteiger partial charge in [-0.1, -0.05) is 13.8 Å². The first kappa shape index (κ1) is 18.1. The van der Waals surface area contributed by atoms with Crippen LogP contribution in [-0.4, -0.2) is 38.9 Å². The van der Waals surface area contributed by atoms with Crippen LogP contribution in [0.15, 0.2) is 18.3 Å². The molecule has 0 aliphatic heterocycles. The van der Waals surface area contributed by atoms with Crippen molar-refractivity contribution in [3.63, 3.8) is 0 Å². The smallest absolute Gasteiger partial charge is 0.354 e. The molecule has 2 rings (SSSR count). The molecular formula is C17H21N3O3S. The van der Waals surface area contributed by atoms with Gasteiger partial charge in [0.25, 0.3) is 5.91 Å². The van der Waals surface area contributed by atoms with Gasteiger partial charge in [0.05, 0.1) is 16.7 Å². The van der Waals surface area contributed by atoms with Crippen molar-refractivity contribution in [1.29, 1.82) is 0 Å². The maximum absolute atomic E-state index is 12.7. The number of aromatic nitrogens is 2. The highest BCUT2D eigenvalue weighted by molar-refractivity contribution is 7.11. The van der Waals surface area contributed by atoms with E-state index in [1.165, 1.54) is 18.3 Å². The molecular weight excluding hydrogens is 326 g/mol. The van der Waals surface area contributed by atoms with E-state index in [0.29, 0.717) is 11.5 Å². The molecule has 1 N–H and O–H groups in total. The molecule has 0 saturated carbocycles. The lowest BCUT2D eigenvalue weighted by molar-refractivity contribution is 0.0690. The summed E-state index contributed by atoms with van der Waals surface area (Å²) in [6.45, 7) is 8.07. The average Bonchev–Trinajstić information content (AvgIpc) is 2.95. The van der Waals surface area contributed by atoms with E-state index < -0.39 is 5.97 Å². The molecule has 7 heteroatoms. The van der Waals surface area contributed by atoms with Gasteiger partial charge in [-0.25, -0.2) is 14.8 Å². The van der Waals surface area contributed by atoms with Crippen LogP contribution in [0.3, 0.4) is 0 Å². The van der Waals surface area contributed by atoms with Crippen molar-refractivity contribution in [3.05, 3.63) is 45.2 Å². The number of carboxylic acids is 1. The average molecular weight is 347 g/mol. The van der Waals surface area contributed by atoms with Crippen molar-refractivity contribution in [3.8, 4) is 0 Å². The van der Waals surface area contributed by atoms with Crippen LogP contribution in [0.2, 0.25) is 0 Å². The van der Waals surface area contributed by atoms with Crippen LogP contribution < -0.4 is 0 Å². The molecule has 0 saturated heterocycles. The summed E-state index contributed by atoms with van der Waals surface area (Å²) >= 11 is 1.61. The molecule has 0 spiro atoms. The first-order chi connectivity index (χ1) is 11.2. The summed E-state index contributed by atoms with van der Waals surface area (Å²) in [4.78, 5) is 34.7.